The molecule has 8 heteroatoms. The van der Waals surface area contributed by atoms with E-state index in [1.807, 2.05) is 5.38 Å². The number of carbonyl (C=O) groups is 2. The maximum Gasteiger partial charge on any atom is 0.325 e. The first-order valence-corrected chi connectivity index (χ1v) is 9.61. The molecule has 1 saturated heterocycles. The zero-order valence-electron chi connectivity index (χ0n) is 15.4. The van der Waals surface area contributed by atoms with Gasteiger partial charge in [-0.25, -0.2) is 18.6 Å². The van der Waals surface area contributed by atoms with Gasteiger partial charge in [-0.15, -0.1) is 11.3 Å². The number of amides is 3. The van der Waals surface area contributed by atoms with Crippen LogP contribution in [0.2, 0.25) is 0 Å². The van der Waals surface area contributed by atoms with Crippen LogP contribution in [0.15, 0.2) is 23.6 Å². The number of aromatic nitrogens is 1. The number of hydrogen-bond donors (Lipinski definition) is 1. The molecular weight excluding hydrogens is 372 g/mol. The van der Waals surface area contributed by atoms with E-state index >= 15 is 0 Å². The molecule has 1 aromatic heterocycles. The van der Waals surface area contributed by atoms with Gasteiger partial charge >= 0.3 is 6.03 Å². The van der Waals surface area contributed by atoms with Gasteiger partial charge in [-0.1, -0.05) is 19.9 Å². The van der Waals surface area contributed by atoms with Crippen LogP contribution in [0.5, 0.6) is 0 Å². The minimum absolute atomic E-state index is 0.0151. The first-order chi connectivity index (χ1) is 12.7. The molecule has 1 aliphatic rings. The maximum atomic E-state index is 14.2. The number of nitrogens with one attached hydrogen (secondary N) is 1. The van der Waals surface area contributed by atoms with Crippen molar-refractivity contribution >= 4 is 23.3 Å². The summed E-state index contributed by atoms with van der Waals surface area (Å²) in [6.45, 7) is 5.70. The van der Waals surface area contributed by atoms with Gasteiger partial charge in [0.2, 0.25) is 0 Å². The van der Waals surface area contributed by atoms with Gasteiger partial charge in [-0.05, 0) is 31.7 Å². The Morgan fingerprint density at radius 2 is 2.04 bits per heavy atom. The van der Waals surface area contributed by atoms with Crippen molar-refractivity contribution in [1.82, 2.24) is 15.2 Å². The lowest BCUT2D eigenvalue weighted by atomic mass is 9.91. The molecule has 0 radical (unpaired) electrons. The Morgan fingerprint density at radius 1 is 1.30 bits per heavy atom. The molecule has 0 spiro atoms. The number of halogens is 2. The number of nitrogens with zero attached hydrogens (tertiary/aromatic N) is 2. The number of aryl methyl sites for hydroxylation is 1. The fraction of sp³-hybridized carbons (Fsp3) is 0.421. The minimum Gasteiger partial charge on any atom is -0.319 e. The van der Waals surface area contributed by atoms with E-state index in [1.54, 1.807) is 0 Å². The molecule has 5 nitrogen and oxygen atoms in total. The molecule has 0 bridgehead atoms. The molecule has 2 heterocycles. The van der Waals surface area contributed by atoms with Crippen molar-refractivity contribution in [1.29, 1.82) is 0 Å². The smallest absolute Gasteiger partial charge is 0.319 e. The molecule has 1 aliphatic heterocycles. The van der Waals surface area contributed by atoms with Crippen LogP contribution in [0.25, 0.3) is 0 Å². The van der Waals surface area contributed by atoms with E-state index in [2.05, 4.69) is 24.1 Å². The number of imide groups is 1. The molecule has 3 amide bonds. The number of hydrogen-bond acceptors (Lipinski definition) is 4. The van der Waals surface area contributed by atoms with Gasteiger partial charge < -0.3 is 5.32 Å². The van der Waals surface area contributed by atoms with Crippen LogP contribution in [-0.2, 0) is 23.3 Å². The molecule has 3 rings (SSSR count). The van der Waals surface area contributed by atoms with Gasteiger partial charge in [-0.2, -0.15) is 0 Å². The standard InChI is InChI=1S/C19H21F2N3O2S/c1-11(2)4-7-16-22-13(10-27-16)9-24-17(25)19(3,23-18(24)26)14-6-5-12(20)8-15(14)21/h5-6,8,10-11H,4,7,9H2,1-3H3,(H,23,26). The normalized spacial score (nSPS) is 19.9. The Bertz CT molecular complexity index is 884. The third-order valence-corrected chi connectivity index (χ3v) is 5.56. The van der Waals surface area contributed by atoms with Crippen LogP contribution < -0.4 is 5.32 Å². The van der Waals surface area contributed by atoms with E-state index < -0.39 is 29.1 Å². The van der Waals surface area contributed by atoms with Gasteiger partial charge in [-0.3, -0.25) is 9.69 Å². The third-order valence-electron chi connectivity index (χ3n) is 4.60. The largest absolute Gasteiger partial charge is 0.325 e. The summed E-state index contributed by atoms with van der Waals surface area (Å²) >= 11 is 1.50. The van der Waals surface area contributed by atoms with Gasteiger partial charge in [0.15, 0.2) is 0 Å². The van der Waals surface area contributed by atoms with E-state index in [0.29, 0.717) is 17.7 Å². The second-order valence-corrected chi connectivity index (χ2v) is 8.18. The fourth-order valence-corrected chi connectivity index (χ4v) is 3.83. The van der Waals surface area contributed by atoms with Crippen molar-refractivity contribution < 1.29 is 18.4 Å². The lowest BCUT2D eigenvalue weighted by molar-refractivity contribution is -0.131. The molecule has 0 aliphatic carbocycles. The number of thiazole rings is 1. The van der Waals surface area contributed by atoms with Crippen LogP contribution >= 0.6 is 11.3 Å². The second-order valence-electron chi connectivity index (χ2n) is 7.24. The van der Waals surface area contributed by atoms with Crippen LogP contribution in [0.1, 0.15) is 43.5 Å². The van der Waals surface area contributed by atoms with Crippen molar-refractivity contribution in [3.05, 3.63) is 51.5 Å². The van der Waals surface area contributed by atoms with Crippen LogP contribution in [0, 0.1) is 17.6 Å². The Kier molecular flexibility index (Phi) is 5.28. The highest BCUT2D eigenvalue weighted by molar-refractivity contribution is 7.09. The summed E-state index contributed by atoms with van der Waals surface area (Å²) in [4.78, 5) is 30.7. The zero-order valence-corrected chi connectivity index (χ0v) is 16.2. The van der Waals surface area contributed by atoms with Crippen molar-refractivity contribution in [2.45, 2.75) is 45.7 Å². The summed E-state index contributed by atoms with van der Waals surface area (Å²) < 4.78 is 27.4. The quantitative estimate of drug-likeness (QED) is 0.755. The molecule has 27 heavy (non-hydrogen) atoms. The number of rotatable bonds is 6. The lowest BCUT2D eigenvalue weighted by Gasteiger charge is -2.22. The molecule has 1 fully saturated rings. The summed E-state index contributed by atoms with van der Waals surface area (Å²) in [7, 11) is 0. The molecule has 2 aromatic rings. The number of benzene rings is 1. The second kappa shape index (κ2) is 7.34. The Balaban J connectivity index is 1.78. The Morgan fingerprint density at radius 3 is 2.70 bits per heavy atom. The van der Waals surface area contributed by atoms with E-state index in [-0.39, 0.29) is 12.1 Å². The lowest BCUT2D eigenvalue weighted by Crippen LogP contribution is -2.41. The minimum atomic E-state index is -1.58. The van der Waals surface area contributed by atoms with Gasteiger partial charge in [0.1, 0.15) is 17.2 Å². The zero-order chi connectivity index (χ0) is 19.8. The predicted molar refractivity (Wildman–Crippen MR) is 98.1 cm³/mol. The van der Waals surface area contributed by atoms with E-state index in [0.717, 1.165) is 28.8 Å². The summed E-state index contributed by atoms with van der Waals surface area (Å²) in [6, 6.07) is 2.32. The molecular formula is C19H21F2N3O2S. The maximum absolute atomic E-state index is 14.2. The van der Waals surface area contributed by atoms with Crippen molar-refractivity contribution in [2.75, 3.05) is 0 Å². The molecule has 1 atom stereocenters. The molecule has 1 unspecified atom stereocenters. The van der Waals surface area contributed by atoms with Gasteiger partial charge in [0, 0.05) is 17.0 Å². The molecule has 144 valence electrons. The van der Waals surface area contributed by atoms with Crippen LogP contribution in [0.3, 0.4) is 0 Å². The summed E-state index contributed by atoms with van der Waals surface area (Å²) in [6.07, 6.45) is 1.86. The van der Waals surface area contributed by atoms with E-state index in [9.17, 15) is 18.4 Å². The van der Waals surface area contributed by atoms with Gasteiger partial charge in [0.05, 0.1) is 17.2 Å². The van der Waals surface area contributed by atoms with Crippen molar-refractivity contribution in [2.24, 2.45) is 5.92 Å². The predicted octanol–water partition coefficient (Wildman–Crippen LogP) is 3.98. The SMILES string of the molecule is CC(C)CCc1nc(CN2C(=O)NC(C)(c3ccc(F)cc3F)C2=O)cs1. The number of carbonyl (C=O) groups excluding carboxylic acids is 2. The Hall–Kier alpha value is -2.35. The molecule has 1 aromatic carbocycles. The van der Waals surface area contributed by atoms with Crippen molar-refractivity contribution in [3.63, 3.8) is 0 Å². The highest BCUT2D eigenvalue weighted by Gasteiger charge is 2.50. The highest BCUT2D eigenvalue weighted by Crippen LogP contribution is 2.32. The molecule has 1 N–H and O–H groups in total. The first-order valence-electron chi connectivity index (χ1n) is 8.73. The summed E-state index contributed by atoms with van der Waals surface area (Å²) in [5.41, 5.74) is -1.03. The monoisotopic (exact) mass is 393 g/mol. The van der Waals surface area contributed by atoms with E-state index in [1.165, 1.54) is 24.3 Å². The van der Waals surface area contributed by atoms with Crippen LogP contribution in [0.4, 0.5) is 13.6 Å². The average molecular weight is 393 g/mol. The fourth-order valence-electron chi connectivity index (χ4n) is 3.03. The Labute approximate surface area is 160 Å². The van der Waals surface area contributed by atoms with Crippen molar-refractivity contribution in [3.8, 4) is 0 Å². The first kappa shape index (κ1) is 19.4. The van der Waals surface area contributed by atoms with Crippen LogP contribution in [-0.4, -0.2) is 21.8 Å². The van der Waals surface area contributed by atoms with E-state index in [4.69, 9.17) is 0 Å². The van der Waals surface area contributed by atoms with Gasteiger partial charge in [0.25, 0.3) is 5.91 Å². The number of urea groups is 1. The molecule has 0 saturated carbocycles. The third kappa shape index (κ3) is 3.85. The topological polar surface area (TPSA) is 62.3 Å². The summed E-state index contributed by atoms with van der Waals surface area (Å²) in [5, 5.41) is 5.30. The average Bonchev–Trinajstić information content (AvgIpc) is 3.12. The summed E-state index contributed by atoms with van der Waals surface area (Å²) in [5.74, 6) is -1.65. The highest BCUT2D eigenvalue weighted by atomic mass is 32.1.